The molecule has 2 nitrogen and oxygen atoms in total. The van der Waals surface area contributed by atoms with E-state index in [0.717, 1.165) is 42.3 Å². The van der Waals surface area contributed by atoms with E-state index < -0.39 is 0 Å². The predicted octanol–water partition coefficient (Wildman–Crippen LogP) is 5.46. The van der Waals surface area contributed by atoms with E-state index in [4.69, 9.17) is 4.42 Å². The molecule has 0 aliphatic carbocycles. The molecule has 1 heterocycles. The summed E-state index contributed by atoms with van der Waals surface area (Å²) >= 11 is 0. The maximum Gasteiger partial charge on any atom is 0.139 e. The van der Waals surface area contributed by atoms with Crippen molar-refractivity contribution in [2.45, 2.75) is 20.4 Å². The Morgan fingerprint density at radius 3 is 1.91 bits per heavy atom. The summed E-state index contributed by atoms with van der Waals surface area (Å²) in [5.74, 6) is 1.92. The Balaban J connectivity index is 2.03. The molecule has 0 spiro atoms. The number of hydrogen-bond donors (Lipinski definition) is 0. The molecule has 0 amide bonds. The maximum atomic E-state index is 6.25. The molecular formula is C21H23NO. The van der Waals surface area contributed by atoms with E-state index in [0.29, 0.717) is 0 Å². The fourth-order valence-electron chi connectivity index (χ4n) is 2.81. The van der Waals surface area contributed by atoms with Crippen LogP contribution in [0.15, 0.2) is 71.1 Å². The Morgan fingerprint density at radius 2 is 1.35 bits per heavy atom. The van der Waals surface area contributed by atoms with Crippen molar-refractivity contribution in [1.29, 1.82) is 0 Å². The van der Waals surface area contributed by atoms with Crippen molar-refractivity contribution in [3.63, 3.8) is 0 Å². The van der Waals surface area contributed by atoms with Gasteiger partial charge in [0.25, 0.3) is 0 Å². The van der Waals surface area contributed by atoms with Gasteiger partial charge in [0.2, 0.25) is 0 Å². The zero-order valence-electron chi connectivity index (χ0n) is 13.8. The Kier molecular flexibility index (Phi) is 4.94. The smallest absolute Gasteiger partial charge is 0.139 e. The molecule has 0 atom stereocenters. The number of furan rings is 1. The molecule has 3 rings (SSSR count). The van der Waals surface area contributed by atoms with Crippen LogP contribution in [0.2, 0.25) is 0 Å². The van der Waals surface area contributed by atoms with Gasteiger partial charge < -0.3 is 4.42 Å². The summed E-state index contributed by atoms with van der Waals surface area (Å²) in [4.78, 5) is 2.41. The Morgan fingerprint density at radius 1 is 0.783 bits per heavy atom. The minimum atomic E-state index is 0.910. The van der Waals surface area contributed by atoms with Gasteiger partial charge >= 0.3 is 0 Å². The van der Waals surface area contributed by atoms with E-state index in [2.05, 4.69) is 61.2 Å². The molecular weight excluding hydrogens is 282 g/mol. The van der Waals surface area contributed by atoms with Crippen LogP contribution in [0.5, 0.6) is 0 Å². The fourth-order valence-corrected chi connectivity index (χ4v) is 2.81. The van der Waals surface area contributed by atoms with Crippen LogP contribution in [0.1, 0.15) is 19.4 Å². The first kappa shape index (κ1) is 15.6. The molecule has 118 valence electrons. The van der Waals surface area contributed by atoms with Crippen molar-refractivity contribution in [3.05, 3.63) is 72.3 Å². The van der Waals surface area contributed by atoms with Crippen LogP contribution in [-0.4, -0.2) is 18.0 Å². The molecule has 0 aliphatic heterocycles. The monoisotopic (exact) mass is 305 g/mol. The molecule has 3 aromatic rings. The Labute approximate surface area is 138 Å². The molecule has 0 saturated carbocycles. The molecule has 0 bridgehead atoms. The minimum Gasteiger partial charge on any atom is -0.456 e. The molecule has 2 aromatic carbocycles. The molecule has 0 fully saturated rings. The lowest BCUT2D eigenvalue weighted by atomic mass is 10.1. The molecule has 0 unspecified atom stereocenters. The third-order valence-electron chi connectivity index (χ3n) is 4.19. The van der Waals surface area contributed by atoms with Gasteiger partial charge in [-0.15, -0.1) is 0 Å². The Hall–Kier alpha value is -2.32. The van der Waals surface area contributed by atoms with E-state index in [-0.39, 0.29) is 0 Å². The highest BCUT2D eigenvalue weighted by Crippen LogP contribution is 2.33. The van der Waals surface area contributed by atoms with Gasteiger partial charge in [-0.25, -0.2) is 0 Å². The molecule has 1 aromatic heterocycles. The highest BCUT2D eigenvalue weighted by atomic mass is 16.3. The van der Waals surface area contributed by atoms with Gasteiger partial charge in [-0.3, -0.25) is 4.90 Å². The van der Waals surface area contributed by atoms with Gasteiger partial charge in [0.15, 0.2) is 0 Å². The summed E-state index contributed by atoms with van der Waals surface area (Å²) in [7, 11) is 0. The second-order valence-corrected chi connectivity index (χ2v) is 5.66. The van der Waals surface area contributed by atoms with Crippen LogP contribution in [0.4, 0.5) is 0 Å². The van der Waals surface area contributed by atoms with Crippen molar-refractivity contribution < 1.29 is 4.42 Å². The third kappa shape index (κ3) is 3.54. The van der Waals surface area contributed by atoms with Crippen molar-refractivity contribution >= 4 is 0 Å². The lowest BCUT2D eigenvalue weighted by molar-refractivity contribution is 0.295. The van der Waals surface area contributed by atoms with Crippen LogP contribution in [0.3, 0.4) is 0 Å². The zero-order valence-corrected chi connectivity index (χ0v) is 13.8. The molecule has 0 N–H and O–H groups in total. The van der Waals surface area contributed by atoms with E-state index in [1.165, 1.54) is 5.56 Å². The Bertz CT molecular complexity index is 727. The van der Waals surface area contributed by atoms with Crippen LogP contribution in [-0.2, 0) is 6.54 Å². The fraction of sp³-hybridized carbons (Fsp3) is 0.238. The highest BCUT2D eigenvalue weighted by Gasteiger charge is 2.16. The van der Waals surface area contributed by atoms with Crippen molar-refractivity contribution in [3.8, 4) is 22.6 Å². The van der Waals surface area contributed by atoms with Gasteiger partial charge in [-0.1, -0.05) is 74.5 Å². The summed E-state index contributed by atoms with van der Waals surface area (Å²) in [6.45, 7) is 7.38. The molecule has 23 heavy (non-hydrogen) atoms. The zero-order chi connectivity index (χ0) is 16.1. The second kappa shape index (κ2) is 7.30. The summed E-state index contributed by atoms with van der Waals surface area (Å²) in [6, 6.07) is 22.9. The number of hydrogen-bond acceptors (Lipinski definition) is 2. The second-order valence-electron chi connectivity index (χ2n) is 5.66. The SMILES string of the molecule is CCN(CC)Cc1cc(-c2ccccc2)oc1-c1ccccc1. The normalized spacial score (nSPS) is 11.1. The highest BCUT2D eigenvalue weighted by molar-refractivity contribution is 5.68. The first-order chi connectivity index (χ1) is 11.3. The summed E-state index contributed by atoms with van der Waals surface area (Å²) in [6.07, 6.45) is 0. The minimum absolute atomic E-state index is 0.910. The summed E-state index contributed by atoms with van der Waals surface area (Å²) in [5.41, 5.74) is 3.51. The standard InChI is InChI=1S/C21H23NO/c1-3-22(4-2)16-19-15-20(17-11-7-5-8-12-17)23-21(19)18-13-9-6-10-14-18/h5-15H,3-4,16H2,1-2H3. The lowest BCUT2D eigenvalue weighted by Crippen LogP contribution is -2.22. The average molecular weight is 305 g/mol. The van der Waals surface area contributed by atoms with Gasteiger partial charge in [0.05, 0.1) is 0 Å². The van der Waals surface area contributed by atoms with Crippen LogP contribution in [0, 0.1) is 0 Å². The topological polar surface area (TPSA) is 16.4 Å². The molecule has 0 aliphatic rings. The maximum absolute atomic E-state index is 6.25. The average Bonchev–Trinajstić information content (AvgIpc) is 3.05. The quantitative estimate of drug-likeness (QED) is 0.601. The molecule has 0 radical (unpaired) electrons. The predicted molar refractivity (Wildman–Crippen MR) is 96.2 cm³/mol. The third-order valence-corrected chi connectivity index (χ3v) is 4.19. The van der Waals surface area contributed by atoms with Gasteiger partial charge in [0.1, 0.15) is 11.5 Å². The van der Waals surface area contributed by atoms with E-state index in [9.17, 15) is 0 Å². The van der Waals surface area contributed by atoms with Gasteiger partial charge in [0, 0.05) is 23.2 Å². The van der Waals surface area contributed by atoms with Crippen molar-refractivity contribution in [2.24, 2.45) is 0 Å². The van der Waals surface area contributed by atoms with Crippen LogP contribution in [0.25, 0.3) is 22.6 Å². The van der Waals surface area contributed by atoms with E-state index in [1.807, 2.05) is 24.3 Å². The van der Waals surface area contributed by atoms with Gasteiger partial charge in [-0.05, 0) is 19.2 Å². The van der Waals surface area contributed by atoms with Gasteiger partial charge in [-0.2, -0.15) is 0 Å². The summed E-state index contributed by atoms with van der Waals surface area (Å²) < 4.78 is 6.25. The van der Waals surface area contributed by atoms with E-state index >= 15 is 0 Å². The molecule has 0 saturated heterocycles. The first-order valence-electron chi connectivity index (χ1n) is 8.27. The number of nitrogens with zero attached hydrogens (tertiary/aromatic N) is 1. The van der Waals surface area contributed by atoms with Crippen LogP contribution >= 0.6 is 0 Å². The number of benzene rings is 2. The van der Waals surface area contributed by atoms with Crippen molar-refractivity contribution in [1.82, 2.24) is 4.90 Å². The summed E-state index contributed by atoms with van der Waals surface area (Å²) in [5, 5.41) is 0. The lowest BCUT2D eigenvalue weighted by Gasteiger charge is -2.17. The number of rotatable bonds is 6. The first-order valence-corrected chi connectivity index (χ1v) is 8.27. The van der Waals surface area contributed by atoms with Crippen LogP contribution < -0.4 is 0 Å². The molecule has 2 heteroatoms. The largest absolute Gasteiger partial charge is 0.456 e. The van der Waals surface area contributed by atoms with E-state index in [1.54, 1.807) is 0 Å². The van der Waals surface area contributed by atoms with Crippen molar-refractivity contribution in [2.75, 3.05) is 13.1 Å².